The molecule has 1 saturated carbocycles. The van der Waals surface area contributed by atoms with Gasteiger partial charge in [-0.1, -0.05) is 37.3 Å². The van der Waals surface area contributed by atoms with E-state index in [4.69, 9.17) is 0 Å². The Balaban J connectivity index is 1.49. The highest BCUT2D eigenvalue weighted by molar-refractivity contribution is 5.77. The Morgan fingerprint density at radius 1 is 1.29 bits per heavy atom. The first-order valence-electron chi connectivity index (χ1n) is 11.3. The van der Waals surface area contributed by atoms with Crippen LogP contribution in [0.4, 0.5) is 8.78 Å². The number of piperidine rings is 1. The zero-order valence-corrected chi connectivity index (χ0v) is 18.1. The van der Waals surface area contributed by atoms with Gasteiger partial charge in [-0.3, -0.25) is 9.48 Å². The van der Waals surface area contributed by atoms with Crippen LogP contribution in [0, 0.1) is 12.3 Å². The lowest BCUT2D eigenvalue weighted by molar-refractivity contribution is -0.145. The van der Waals surface area contributed by atoms with E-state index in [-0.39, 0.29) is 41.7 Å². The molecule has 7 heteroatoms. The molecule has 2 aliphatic heterocycles. The molecule has 1 amide bonds. The molecule has 5 nitrogen and oxygen atoms in total. The van der Waals surface area contributed by atoms with Gasteiger partial charge in [0.05, 0.1) is 11.7 Å². The van der Waals surface area contributed by atoms with Crippen LogP contribution in [0.3, 0.4) is 0 Å². The van der Waals surface area contributed by atoms with Crippen LogP contribution in [-0.4, -0.2) is 44.8 Å². The molecule has 1 aromatic carbocycles. The van der Waals surface area contributed by atoms with Gasteiger partial charge in [0.25, 0.3) is 6.43 Å². The molecule has 0 radical (unpaired) electrons. The minimum atomic E-state index is -2.65. The van der Waals surface area contributed by atoms with Gasteiger partial charge in [-0.2, -0.15) is 5.10 Å². The second-order valence-corrected chi connectivity index (χ2v) is 9.71. The molecule has 2 bridgehead atoms. The van der Waals surface area contributed by atoms with Gasteiger partial charge in [0.15, 0.2) is 0 Å². The van der Waals surface area contributed by atoms with Crippen molar-refractivity contribution in [3.05, 3.63) is 53.3 Å². The largest absolute Gasteiger partial charge is 0.333 e. The molecule has 3 fully saturated rings. The van der Waals surface area contributed by atoms with Crippen LogP contribution < -0.4 is 5.32 Å². The lowest BCUT2D eigenvalue weighted by Gasteiger charge is -2.53. The molecule has 1 aromatic heterocycles. The molecule has 2 aromatic rings. The van der Waals surface area contributed by atoms with E-state index in [1.807, 2.05) is 18.2 Å². The summed E-state index contributed by atoms with van der Waals surface area (Å²) >= 11 is 0. The number of nitrogens with one attached hydrogen (secondary N) is 1. The second-order valence-electron chi connectivity index (χ2n) is 9.71. The Hall–Kier alpha value is -2.28. The summed E-state index contributed by atoms with van der Waals surface area (Å²) in [6.45, 7) is 3.85. The number of rotatable bonds is 5. The van der Waals surface area contributed by atoms with Gasteiger partial charge in [-0.05, 0) is 50.7 Å². The SMILES string of the molecule is Cc1cc(C(F)F)n(CC(=O)N2[C@@H](Cc3ccccc3)[C@@H]3C[C@@]4(C)[C@H](CCC[C@@H]24)N3)n1. The number of alkyl halides is 2. The molecule has 5 atom stereocenters. The number of benzene rings is 1. The number of aromatic nitrogens is 2. The Bertz CT molecular complexity index is 962. The molecule has 1 N–H and O–H groups in total. The summed E-state index contributed by atoms with van der Waals surface area (Å²) in [5.41, 5.74) is 1.56. The van der Waals surface area contributed by atoms with E-state index in [2.05, 4.69) is 34.4 Å². The van der Waals surface area contributed by atoms with Gasteiger partial charge in [0.1, 0.15) is 12.2 Å². The molecule has 5 rings (SSSR count). The van der Waals surface area contributed by atoms with Crippen LogP contribution in [0.25, 0.3) is 0 Å². The van der Waals surface area contributed by atoms with Crippen molar-refractivity contribution in [1.82, 2.24) is 20.0 Å². The van der Waals surface area contributed by atoms with Crippen LogP contribution in [0.2, 0.25) is 0 Å². The van der Waals surface area contributed by atoms with Gasteiger partial charge >= 0.3 is 0 Å². The van der Waals surface area contributed by atoms with Crippen molar-refractivity contribution in [1.29, 1.82) is 0 Å². The van der Waals surface area contributed by atoms with Crippen LogP contribution in [-0.2, 0) is 17.8 Å². The smallest absolute Gasteiger partial charge is 0.280 e. The highest BCUT2D eigenvalue weighted by atomic mass is 19.3. The van der Waals surface area contributed by atoms with E-state index < -0.39 is 6.43 Å². The van der Waals surface area contributed by atoms with E-state index >= 15 is 0 Å². The molecule has 3 aliphatic rings. The lowest BCUT2D eigenvalue weighted by Crippen LogP contribution is -2.63. The predicted molar refractivity (Wildman–Crippen MR) is 114 cm³/mol. The summed E-state index contributed by atoms with van der Waals surface area (Å²) in [7, 11) is 0. The topological polar surface area (TPSA) is 50.2 Å². The van der Waals surface area contributed by atoms with Crippen molar-refractivity contribution in [3.8, 4) is 0 Å². The molecule has 31 heavy (non-hydrogen) atoms. The van der Waals surface area contributed by atoms with Gasteiger partial charge in [-0.15, -0.1) is 0 Å². The molecule has 0 spiro atoms. The lowest BCUT2D eigenvalue weighted by atomic mass is 9.64. The second kappa shape index (κ2) is 7.69. The fraction of sp³-hybridized carbons (Fsp3) is 0.583. The number of hydrogen-bond acceptors (Lipinski definition) is 3. The molecular weight excluding hydrogens is 398 g/mol. The van der Waals surface area contributed by atoms with Crippen LogP contribution >= 0.6 is 0 Å². The van der Waals surface area contributed by atoms with E-state index in [1.165, 1.54) is 16.3 Å². The first-order chi connectivity index (χ1) is 14.9. The third-order valence-electron chi connectivity index (χ3n) is 7.78. The van der Waals surface area contributed by atoms with Gasteiger partial charge in [0, 0.05) is 23.5 Å². The van der Waals surface area contributed by atoms with Crippen LogP contribution in [0.1, 0.15) is 56.0 Å². The van der Waals surface area contributed by atoms with Gasteiger partial charge in [-0.25, -0.2) is 8.78 Å². The standard InChI is InChI=1S/C24H30F2N4O/c1-15-11-19(23(25)26)29(28-15)14-22(31)30-18(12-16-7-4-3-5-8-16)17-13-24(2)20(27-17)9-6-10-21(24)30/h3-5,7-8,11,17-18,20-21,23,27H,6,9-10,12-14H2,1-2H3/t17-,18-,20-,21+,24-/m0/s1. The zero-order chi connectivity index (χ0) is 21.8. The van der Waals surface area contributed by atoms with Gasteiger partial charge < -0.3 is 10.2 Å². The maximum Gasteiger partial charge on any atom is 0.280 e. The number of nitrogens with zero attached hydrogens (tertiary/aromatic N) is 3. The van der Waals surface area contributed by atoms with Crippen molar-refractivity contribution >= 4 is 5.91 Å². The summed E-state index contributed by atoms with van der Waals surface area (Å²) in [4.78, 5) is 15.8. The highest BCUT2D eigenvalue weighted by Crippen LogP contribution is 2.52. The van der Waals surface area contributed by atoms with Crippen LogP contribution in [0.15, 0.2) is 36.4 Å². The number of carbonyl (C=O) groups is 1. The molecule has 1 aliphatic carbocycles. The highest BCUT2D eigenvalue weighted by Gasteiger charge is 2.60. The fourth-order valence-corrected chi connectivity index (χ4v) is 6.41. The predicted octanol–water partition coefficient (Wildman–Crippen LogP) is 3.87. The third-order valence-corrected chi connectivity index (χ3v) is 7.78. The Morgan fingerprint density at radius 3 is 2.81 bits per heavy atom. The minimum Gasteiger partial charge on any atom is -0.333 e. The number of likely N-dealkylation sites (tertiary alicyclic amines) is 1. The van der Waals surface area contributed by atoms with Crippen molar-refractivity contribution < 1.29 is 13.6 Å². The quantitative estimate of drug-likeness (QED) is 0.787. The maximum atomic E-state index is 13.7. The average molecular weight is 429 g/mol. The molecule has 0 unspecified atom stereocenters. The Morgan fingerprint density at radius 2 is 2.06 bits per heavy atom. The number of amides is 1. The molecular formula is C24H30F2N4O. The number of aryl methyl sites for hydroxylation is 1. The Kier molecular flexibility index (Phi) is 5.12. The number of fused-ring (bicyclic) bond motifs is 1. The first-order valence-corrected chi connectivity index (χ1v) is 11.3. The zero-order valence-electron chi connectivity index (χ0n) is 18.1. The summed E-state index contributed by atoms with van der Waals surface area (Å²) in [6, 6.07) is 12.4. The van der Waals surface area contributed by atoms with Crippen molar-refractivity contribution in [2.45, 2.75) is 83.1 Å². The minimum absolute atomic E-state index is 0.0164. The van der Waals surface area contributed by atoms with E-state index in [1.54, 1.807) is 6.92 Å². The fourth-order valence-electron chi connectivity index (χ4n) is 6.41. The average Bonchev–Trinajstić information content (AvgIpc) is 3.27. The molecule has 166 valence electrons. The van der Waals surface area contributed by atoms with E-state index in [0.717, 1.165) is 32.1 Å². The molecule has 3 heterocycles. The normalized spacial score (nSPS) is 32.0. The number of carbonyl (C=O) groups excluding carboxylic acids is 1. The van der Waals surface area contributed by atoms with E-state index in [9.17, 15) is 13.6 Å². The van der Waals surface area contributed by atoms with E-state index in [0.29, 0.717) is 11.7 Å². The van der Waals surface area contributed by atoms with Crippen LogP contribution in [0.5, 0.6) is 0 Å². The summed E-state index contributed by atoms with van der Waals surface area (Å²) in [5, 5.41) is 8.04. The van der Waals surface area contributed by atoms with Crippen molar-refractivity contribution in [3.63, 3.8) is 0 Å². The number of hydrogen-bond donors (Lipinski definition) is 1. The summed E-state index contributed by atoms with van der Waals surface area (Å²) in [6.07, 6.45) is 2.37. The monoisotopic (exact) mass is 428 g/mol. The number of halogens is 2. The van der Waals surface area contributed by atoms with Crippen molar-refractivity contribution in [2.75, 3.05) is 0 Å². The summed E-state index contributed by atoms with van der Waals surface area (Å²) < 4.78 is 28.2. The molecule has 2 saturated heterocycles. The first kappa shape index (κ1) is 20.6. The van der Waals surface area contributed by atoms with Gasteiger partial charge in [0.2, 0.25) is 5.91 Å². The third kappa shape index (κ3) is 3.47. The summed E-state index contributed by atoms with van der Waals surface area (Å²) in [5.74, 6) is -0.101. The maximum absolute atomic E-state index is 13.7. The van der Waals surface area contributed by atoms with Crippen molar-refractivity contribution in [2.24, 2.45) is 5.41 Å². The Labute approximate surface area is 181 Å².